The summed E-state index contributed by atoms with van der Waals surface area (Å²) in [6.45, 7) is 9.71. The highest BCUT2D eigenvalue weighted by Crippen LogP contribution is 2.20. The average Bonchev–Trinajstić information content (AvgIpc) is 2.48. The molecule has 0 aliphatic carbocycles. The number of piperazine rings is 1. The van der Waals surface area contributed by atoms with Crippen molar-refractivity contribution < 1.29 is 4.74 Å². The van der Waals surface area contributed by atoms with Crippen molar-refractivity contribution in [3.8, 4) is 5.75 Å². The molecule has 112 valence electrons. The normalized spacial score (nSPS) is 18.4. The predicted octanol–water partition coefficient (Wildman–Crippen LogP) is 1.80. The first-order valence-electron chi connectivity index (χ1n) is 7.47. The lowest BCUT2D eigenvalue weighted by molar-refractivity contribution is 0.226. The van der Waals surface area contributed by atoms with E-state index < -0.39 is 0 Å². The summed E-state index contributed by atoms with van der Waals surface area (Å²) in [6.07, 6.45) is 0. The summed E-state index contributed by atoms with van der Waals surface area (Å²) in [4.78, 5) is 4.90. The van der Waals surface area contributed by atoms with E-state index in [9.17, 15) is 0 Å². The van der Waals surface area contributed by atoms with Gasteiger partial charge in [-0.1, -0.05) is 13.8 Å². The predicted molar refractivity (Wildman–Crippen MR) is 84.5 cm³/mol. The number of nitrogens with zero attached hydrogens (tertiary/aromatic N) is 2. The van der Waals surface area contributed by atoms with Crippen molar-refractivity contribution in [2.24, 2.45) is 11.7 Å². The first-order valence-corrected chi connectivity index (χ1v) is 7.47. The largest absolute Gasteiger partial charge is 0.497 e. The standard InChI is InChI=1S/C16H27N3O/c1-13(2)16(17)12-18-8-10-19(11-9-18)14-4-6-15(20-3)7-5-14/h4-7,13,16H,8-12,17H2,1-3H3. The van der Waals surface area contributed by atoms with Crippen molar-refractivity contribution in [3.63, 3.8) is 0 Å². The second-order valence-corrected chi connectivity index (χ2v) is 5.89. The Hall–Kier alpha value is -1.26. The summed E-state index contributed by atoms with van der Waals surface area (Å²) in [5.41, 5.74) is 7.43. The molecule has 1 atom stereocenters. The Balaban J connectivity index is 1.84. The van der Waals surface area contributed by atoms with Crippen molar-refractivity contribution in [3.05, 3.63) is 24.3 Å². The molecule has 0 saturated carbocycles. The lowest BCUT2D eigenvalue weighted by Gasteiger charge is -2.37. The third-order valence-electron chi connectivity index (χ3n) is 4.14. The fraction of sp³-hybridized carbons (Fsp3) is 0.625. The molecule has 1 unspecified atom stereocenters. The van der Waals surface area contributed by atoms with Crippen LogP contribution in [0.4, 0.5) is 5.69 Å². The molecule has 2 N–H and O–H groups in total. The monoisotopic (exact) mass is 277 g/mol. The Morgan fingerprint density at radius 2 is 1.70 bits per heavy atom. The molecule has 1 heterocycles. The van der Waals surface area contributed by atoms with Gasteiger partial charge in [0.2, 0.25) is 0 Å². The van der Waals surface area contributed by atoms with E-state index in [1.165, 1.54) is 5.69 Å². The minimum absolute atomic E-state index is 0.280. The lowest BCUT2D eigenvalue weighted by atomic mass is 10.0. The van der Waals surface area contributed by atoms with E-state index in [1.54, 1.807) is 7.11 Å². The van der Waals surface area contributed by atoms with Crippen LogP contribution in [0.5, 0.6) is 5.75 Å². The first kappa shape index (κ1) is 15.1. The summed E-state index contributed by atoms with van der Waals surface area (Å²) in [7, 11) is 1.70. The minimum Gasteiger partial charge on any atom is -0.497 e. The molecule has 0 radical (unpaired) electrons. The number of methoxy groups -OCH3 is 1. The molecule has 0 bridgehead atoms. The van der Waals surface area contributed by atoms with Crippen molar-refractivity contribution in [2.45, 2.75) is 19.9 Å². The number of anilines is 1. The van der Waals surface area contributed by atoms with Crippen LogP contribution < -0.4 is 15.4 Å². The molecule has 4 nitrogen and oxygen atoms in total. The maximum Gasteiger partial charge on any atom is 0.119 e. The third-order valence-corrected chi connectivity index (χ3v) is 4.14. The molecule has 1 aliphatic heterocycles. The smallest absolute Gasteiger partial charge is 0.119 e. The number of hydrogen-bond donors (Lipinski definition) is 1. The van der Waals surface area contributed by atoms with Crippen LogP contribution in [0.15, 0.2) is 24.3 Å². The summed E-state index contributed by atoms with van der Waals surface area (Å²) in [6, 6.07) is 8.60. The Labute approximate surface area is 122 Å². The lowest BCUT2D eigenvalue weighted by Crippen LogP contribution is -2.50. The van der Waals surface area contributed by atoms with Gasteiger partial charge in [-0.2, -0.15) is 0 Å². The molecule has 1 aliphatic rings. The molecule has 1 aromatic carbocycles. The fourth-order valence-electron chi connectivity index (χ4n) is 2.49. The van der Waals surface area contributed by atoms with Gasteiger partial charge in [0.25, 0.3) is 0 Å². The van der Waals surface area contributed by atoms with Gasteiger partial charge in [0.15, 0.2) is 0 Å². The van der Waals surface area contributed by atoms with Crippen LogP contribution in [0, 0.1) is 5.92 Å². The Morgan fingerprint density at radius 1 is 1.10 bits per heavy atom. The molecule has 20 heavy (non-hydrogen) atoms. The summed E-state index contributed by atoms with van der Waals surface area (Å²) in [5, 5.41) is 0. The van der Waals surface area contributed by atoms with Gasteiger partial charge >= 0.3 is 0 Å². The second kappa shape index (κ2) is 6.95. The molecular formula is C16H27N3O. The van der Waals surface area contributed by atoms with Crippen molar-refractivity contribution in [1.29, 1.82) is 0 Å². The number of benzene rings is 1. The van der Waals surface area contributed by atoms with Crippen molar-refractivity contribution in [1.82, 2.24) is 4.90 Å². The highest BCUT2D eigenvalue weighted by molar-refractivity contribution is 5.49. The summed E-state index contributed by atoms with van der Waals surface area (Å²) < 4.78 is 5.20. The molecule has 2 rings (SSSR count). The third kappa shape index (κ3) is 3.87. The Bertz CT molecular complexity index is 397. The van der Waals surface area contributed by atoms with Gasteiger partial charge in [0.05, 0.1) is 7.11 Å². The molecule has 0 spiro atoms. The number of rotatable bonds is 5. The van der Waals surface area contributed by atoms with E-state index in [0.29, 0.717) is 5.92 Å². The fourth-order valence-corrected chi connectivity index (χ4v) is 2.49. The first-order chi connectivity index (χ1) is 9.60. The van der Waals surface area contributed by atoms with Crippen molar-refractivity contribution >= 4 is 5.69 Å². The average molecular weight is 277 g/mol. The number of nitrogens with two attached hydrogens (primary N) is 1. The molecule has 4 heteroatoms. The SMILES string of the molecule is COc1ccc(N2CCN(CC(N)C(C)C)CC2)cc1. The molecule has 1 saturated heterocycles. The van der Waals surface area contributed by atoms with Crippen LogP contribution in [-0.4, -0.2) is 50.8 Å². The van der Waals surface area contributed by atoms with E-state index in [0.717, 1.165) is 38.5 Å². The van der Waals surface area contributed by atoms with Gasteiger partial charge < -0.3 is 15.4 Å². The van der Waals surface area contributed by atoms with Crippen LogP contribution in [0.1, 0.15) is 13.8 Å². The Morgan fingerprint density at radius 3 is 2.20 bits per heavy atom. The van der Waals surface area contributed by atoms with Crippen molar-refractivity contribution in [2.75, 3.05) is 44.7 Å². The van der Waals surface area contributed by atoms with E-state index in [-0.39, 0.29) is 6.04 Å². The van der Waals surface area contributed by atoms with Gasteiger partial charge in [0, 0.05) is 44.5 Å². The maximum atomic E-state index is 6.16. The number of hydrogen-bond acceptors (Lipinski definition) is 4. The second-order valence-electron chi connectivity index (χ2n) is 5.89. The Kier molecular flexibility index (Phi) is 5.26. The van der Waals surface area contributed by atoms with Crippen LogP contribution in [-0.2, 0) is 0 Å². The highest BCUT2D eigenvalue weighted by atomic mass is 16.5. The van der Waals surface area contributed by atoms with Gasteiger partial charge in [-0.25, -0.2) is 0 Å². The van der Waals surface area contributed by atoms with E-state index in [2.05, 4.69) is 35.8 Å². The minimum atomic E-state index is 0.280. The maximum absolute atomic E-state index is 6.16. The molecule has 0 aromatic heterocycles. The van der Waals surface area contributed by atoms with Gasteiger partial charge in [-0.05, 0) is 30.2 Å². The molecule has 1 fully saturated rings. The molecular weight excluding hydrogens is 250 g/mol. The zero-order chi connectivity index (χ0) is 14.5. The van der Waals surface area contributed by atoms with Gasteiger partial charge in [0.1, 0.15) is 5.75 Å². The van der Waals surface area contributed by atoms with Gasteiger partial charge in [-0.3, -0.25) is 4.90 Å². The zero-order valence-corrected chi connectivity index (χ0v) is 12.9. The molecule has 0 amide bonds. The highest BCUT2D eigenvalue weighted by Gasteiger charge is 2.20. The van der Waals surface area contributed by atoms with Gasteiger partial charge in [-0.15, -0.1) is 0 Å². The summed E-state index contributed by atoms with van der Waals surface area (Å²) >= 11 is 0. The molecule has 1 aromatic rings. The van der Waals surface area contributed by atoms with Crippen LogP contribution >= 0.6 is 0 Å². The number of ether oxygens (including phenoxy) is 1. The zero-order valence-electron chi connectivity index (χ0n) is 12.9. The topological polar surface area (TPSA) is 41.7 Å². The van der Waals surface area contributed by atoms with Crippen LogP contribution in [0.3, 0.4) is 0 Å². The van der Waals surface area contributed by atoms with E-state index in [4.69, 9.17) is 10.5 Å². The van der Waals surface area contributed by atoms with Crippen LogP contribution in [0.2, 0.25) is 0 Å². The summed E-state index contributed by atoms with van der Waals surface area (Å²) in [5.74, 6) is 1.46. The van der Waals surface area contributed by atoms with E-state index in [1.807, 2.05) is 12.1 Å². The quantitative estimate of drug-likeness (QED) is 0.891. The van der Waals surface area contributed by atoms with Crippen LogP contribution in [0.25, 0.3) is 0 Å². The van der Waals surface area contributed by atoms with E-state index >= 15 is 0 Å².